The molecular formula is C18H11NO3. The Balaban J connectivity index is 1.89. The zero-order valence-corrected chi connectivity index (χ0v) is 11.5. The number of carbonyl (C=O) groups excluding carboxylic acids is 1. The first-order valence-corrected chi connectivity index (χ1v) is 6.85. The second-order valence-corrected chi connectivity index (χ2v) is 4.85. The summed E-state index contributed by atoms with van der Waals surface area (Å²) in [4.78, 5) is 15.3. The second kappa shape index (κ2) is 5.00. The Hall–Kier alpha value is -3.14. The van der Waals surface area contributed by atoms with Gasteiger partial charge in [0.2, 0.25) is 5.89 Å². The Bertz CT molecular complexity index is 932. The first kappa shape index (κ1) is 12.6. The summed E-state index contributed by atoms with van der Waals surface area (Å²) in [6.07, 6.45) is 0.686. The molecule has 4 nitrogen and oxygen atoms in total. The lowest BCUT2D eigenvalue weighted by atomic mass is 10.1. The van der Waals surface area contributed by atoms with E-state index in [2.05, 4.69) is 4.98 Å². The molecule has 2 heterocycles. The fraction of sp³-hybridized carbons (Fsp3) is 0. The zero-order valence-electron chi connectivity index (χ0n) is 11.5. The third-order valence-electron chi connectivity index (χ3n) is 3.46. The van der Waals surface area contributed by atoms with Crippen molar-refractivity contribution in [2.75, 3.05) is 0 Å². The third-order valence-corrected chi connectivity index (χ3v) is 3.46. The third kappa shape index (κ3) is 2.02. The van der Waals surface area contributed by atoms with Crippen molar-refractivity contribution in [3.63, 3.8) is 0 Å². The summed E-state index contributed by atoms with van der Waals surface area (Å²) < 4.78 is 11.3. The lowest BCUT2D eigenvalue weighted by Gasteiger charge is -2.03. The Kier molecular flexibility index (Phi) is 2.86. The van der Waals surface area contributed by atoms with Crippen LogP contribution in [0, 0.1) is 0 Å². The molecule has 4 rings (SSSR count). The van der Waals surface area contributed by atoms with E-state index >= 15 is 0 Å². The molecule has 0 saturated carbocycles. The number of nitrogens with zero attached hydrogens (tertiary/aromatic N) is 1. The summed E-state index contributed by atoms with van der Waals surface area (Å²) in [5, 5.41) is 0. The van der Waals surface area contributed by atoms with Gasteiger partial charge in [-0.1, -0.05) is 30.3 Å². The number of para-hydroxylation sites is 2. The Morgan fingerprint density at radius 1 is 0.818 bits per heavy atom. The van der Waals surface area contributed by atoms with Gasteiger partial charge in [0, 0.05) is 11.1 Å². The molecule has 0 unspecified atom stereocenters. The molecule has 0 aliphatic rings. The summed E-state index contributed by atoms with van der Waals surface area (Å²) >= 11 is 0. The second-order valence-electron chi connectivity index (χ2n) is 4.85. The van der Waals surface area contributed by atoms with Crippen LogP contribution in [0.15, 0.2) is 69.5 Å². The summed E-state index contributed by atoms with van der Waals surface area (Å²) in [5.41, 5.74) is 3.20. The van der Waals surface area contributed by atoms with Crippen LogP contribution >= 0.6 is 0 Å². The molecule has 0 N–H and O–H groups in total. The molecule has 0 fully saturated rings. The number of aromatic nitrogens is 1. The molecule has 0 aliphatic heterocycles. The average molecular weight is 289 g/mol. The Morgan fingerprint density at radius 2 is 1.59 bits per heavy atom. The number of hydrogen-bond donors (Lipinski definition) is 0. The minimum absolute atomic E-state index is 0.294. The molecule has 0 atom stereocenters. The van der Waals surface area contributed by atoms with Crippen molar-refractivity contribution in [2.45, 2.75) is 0 Å². The number of hydrogen-bond acceptors (Lipinski definition) is 4. The molecule has 0 spiro atoms. The van der Waals surface area contributed by atoms with Gasteiger partial charge >= 0.3 is 0 Å². The van der Waals surface area contributed by atoms with Crippen LogP contribution in [0.1, 0.15) is 10.6 Å². The highest BCUT2D eigenvalue weighted by Gasteiger charge is 2.15. The van der Waals surface area contributed by atoms with Gasteiger partial charge in [-0.15, -0.1) is 0 Å². The SMILES string of the molecule is O=Cc1ccc(-c2ccccc2-c2nc3ccccc3o2)o1. The standard InChI is InChI=1S/C18H11NO3/c20-11-12-9-10-16(21-12)13-5-1-2-6-14(13)18-19-15-7-3-4-8-17(15)22-18/h1-11H. The van der Waals surface area contributed by atoms with Gasteiger partial charge in [-0.05, 0) is 30.3 Å². The summed E-state index contributed by atoms with van der Waals surface area (Å²) in [5.74, 6) is 1.43. The highest BCUT2D eigenvalue weighted by Crippen LogP contribution is 2.33. The van der Waals surface area contributed by atoms with Gasteiger partial charge in [-0.3, -0.25) is 4.79 Å². The Labute approximate surface area is 126 Å². The normalized spacial score (nSPS) is 10.9. The van der Waals surface area contributed by atoms with Crippen LogP contribution in [0.25, 0.3) is 33.9 Å². The Morgan fingerprint density at radius 3 is 2.36 bits per heavy atom. The first-order chi connectivity index (χ1) is 10.8. The van der Waals surface area contributed by atoms with E-state index in [-0.39, 0.29) is 0 Å². The maximum atomic E-state index is 10.8. The van der Waals surface area contributed by atoms with E-state index in [1.807, 2.05) is 48.5 Å². The summed E-state index contributed by atoms with van der Waals surface area (Å²) in [7, 11) is 0. The highest BCUT2D eigenvalue weighted by atomic mass is 16.4. The van der Waals surface area contributed by atoms with E-state index in [1.165, 1.54) is 0 Å². The quantitative estimate of drug-likeness (QED) is 0.518. The predicted octanol–water partition coefficient (Wildman–Crippen LogP) is 4.57. The van der Waals surface area contributed by atoms with Crippen molar-refractivity contribution in [2.24, 2.45) is 0 Å². The van der Waals surface area contributed by atoms with Crippen LogP contribution in [0.4, 0.5) is 0 Å². The van der Waals surface area contributed by atoms with Gasteiger partial charge in [-0.25, -0.2) is 4.98 Å². The van der Waals surface area contributed by atoms with Gasteiger partial charge in [0.25, 0.3) is 0 Å². The number of oxazole rings is 1. The van der Waals surface area contributed by atoms with Crippen molar-refractivity contribution in [3.05, 3.63) is 66.4 Å². The number of carbonyl (C=O) groups is 1. The highest BCUT2D eigenvalue weighted by molar-refractivity contribution is 5.83. The van der Waals surface area contributed by atoms with Gasteiger partial charge in [0.1, 0.15) is 11.3 Å². The molecule has 4 heteroatoms. The van der Waals surface area contributed by atoms with Crippen molar-refractivity contribution < 1.29 is 13.6 Å². The minimum atomic E-state index is 0.294. The van der Waals surface area contributed by atoms with Crippen LogP contribution in [-0.4, -0.2) is 11.3 Å². The molecule has 0 amide bonds. The minimum Gasteiger partial charge on any atom is -0.453 e. The number of aldehydes is 1. The van der Waals surface area contributed by atoms with Crippen LogP contribution < -0.4 is 0 Å². The van der Waals surface area contributed by atoms with Gasteiger partial charge in [0.15, 0.2) is 17.6 Å². The summed E-state index contributed by atoms with van der Waals surface area (Å²) in [6, 6.07) is 18.7. The van der Waals surface area contributed by atoms with E-state index in [9.17, 15) is 4.79 Å². The smallest absolute Gasteiger partial charge is 0.228 e. The molecule has 0 aliphatic carbocycles. The topological polar surface area (TPSA) is 56.2 Å². The molecule has 0 saturated heterocycles. The maximum Gasteiger partial charge on any atom is 0.228 e. The van der Waals surface area contributed by atoms with Crippen LogP contribution in [0.2, 0.25) is 0 Å². The predicted molar refractivity (Wildman–Crippen MR) is 82.5 cm³/mol. The molecule has 0 bridgehead atoms. The van der Waals surface area contributed by atoms with Gasteiger partial charge in [-0.2, -0.15) is 0 Å². The molecule has 2 aromatic heterocycles. The van der Waals surface area contributed by atoms with Crippen LogP contribution in [0.5, 0.6) is 0 Å². The van der Waals surface area contributed by atoms with Crippen LogP contribution in [-0.2, 0) is 0 Å². The number of rotatable bonds is 3. The van der Waals surface area contributed by atoms with E-state index in [4.69, 9.17) is 8.83 Å². The van der Waals surface area contributed by atoms with Crippen molar-refractivity contribution >= 4 is 17.4 Å². The fourth-order valence-corrected chi connectivity index (χ4v) is 2.43. The molecule has 0 radical (unpaired) electrons. The van der Waals surface area contributed by atoms with E-state index in [0.29, 0.717) is 23.7 Å². The van der Waals surface area contributed by atoms with E-state index in [0.717, 1.165) is 22.2 Å². The van der Waals surface area contributed by atoms with Gasteiger partial charge < -0.3 is 8.83 Å². The molecule has 22 heavy (non-hydrogen) atoms. The largest absolute Gasteiger partial charge is 0.453 e. The zero-order chi connectivity index (χ0) is 14.9. The monoisotopic (exact) mass is 289 g/mol. The van der Waals surface area contributed by atoms with Crippen molar-refractivity contribution in [3.8, 4) is 22.8 Å². The van der Waals surface area contributed by atoms with Crippen molar-refractivity contribution in [1.29, 1.82) is 0 Å². The first-order valence-electron chi connectivity index (χ1n) is 6.85. The fourth-order valence-electron chi connectivity index (χ4n) is 2.43. The maximum absolute atomic E-state index is 10.8. The van der Waals surface area contributed by atoms with E-state index in [1.54, 1.807) is 12.1 Å². The lowest BCUT2D eigenvalue weighted by Crippen LogP contribution is -1.83. The lowest BCUT2D eigenvalue weighted by molar-refractivity contribution is 0.110. The van der Waals surface area contributed by atoms with Crippen LogP contribution in [0.3, 0.4) is 0 Å². The molecular weight excluding hydrogens is 278 g/mol. The molecule has 4 aromatic rings. The average Bonchev–Trinajstić information content (AvgIpc) is 3.21. The molecule has 106 valence electrons. The van der Waals surface area contributed by atoms with E-state index < -0.39 is 0 Å². The molecule has 2 aromatic carbocycles. The summed E-state index contributed by atoms with van der Waals surface area (Å²) in [6.45, 7) is 0. The number of fused-ring (bicyclic) bond motifs is 1. The van der Waals surface area contributed by atoms with Crippen molar-refractivity contribution in [1.82, 2.24) is 4.98 Å². The number of furan rings is 1. The number of benzene rings is 2. The van der Waals surface area contributed by atoms with Gasteiger partial charge in [0.05, 0.1) is 0 Å².